The van der Waals surface area contributed by atoms with E-state index in [4.69, 9.17) is 11.6 Å². The number of hydrogen-bond donors (Lipinski definition) is 1. The lowest BCUT2D eigenvalue weighted by Crippen LogP contribution is -2.23. The van der Waals surface area contributed by atoms with Crippen molar-refractivity contribution in [2.24, 2.45) is 0 Å². The Bertz CT molecular complexity index is 1170. The van der Waals surface area contributed by atoms with Crippen molar-refractivity contribution in [2.75, 3.05) is 16.8 Å². The number of amides is 1. The van der Waals surface area contributed by atoms with E-state index in [0.717, 1.165) is 30.3 Å². The van der Waals surface area contributed by atoms with E-state index in [-0.39, 0.29) is 27.8 Å². The Labute approximate surface area is 165 Å². The average Bonchev–Trinajstić information content (AvgIpc) is 2.99. The summed E-state index contributed by atoms with van der Waals surface area (Å²) < 4.78 is 75.8. The topological polar surface area (TPSA) is 97.4 Å². The Morgan fingerprint density at radius 3 is 2.39 bits per heavy atom. The largest absolute Gasteiger partial charge is 0.322 e. The van der Waals surface area contributed by atoms with E-state index < -0.39 is 53.8 Å². The summed E-state index contributed by atoms with van der Waals surface area (Å²) in [5, 5.41) is 0.911. The molecule has 150 valence electrons. The summed E-state index contributed by atoms with van der Waals surface area (Å²) in [4.78, 5) is 12.0. The minimum atomic E-state index is -4.06. The predicted octanol–water partition coefficient (Wildman–Crippen LogP) is 2.83. The summed E-state index contributed by atoms with van der Waals surface area (Å²) in [6.07, 6.45) is -0.0579. The molecule has 2 aromatic rings. The number of carbonyl (C=O) groups is 1. The second kappa shape index (κ2) is 7.41. The number of sulfone groups is 2. The lowest BCUT2D eigenvalue weighted by molar-refractivity contribution is 0.102. The highest BCUT2D eigenvalue weighted by Crippen LogP contribution is 2.27. The van der Waals surface area contributed by atoms with E-state index >= 15 is 0 Å². The number of halogens is 3. The first kappa shape index (κ1) is 20.7. The Hall–Kier alpha value is -2.04. The molecule has 28 heavy (non-hydrogen) atoms. The maximum absolute atomic E-state index is 14.1. The van der Waals surface area contributed by atoms with Crippen molar-refractivity contribution in [1.29, 1.82) is 0 Å². The normalized spacial score (nSPS) is 18.8. The molecule has 1 atom stereocenters. The molecular weight excluding hydrogens is 436 g/mol. The van der Waals surface area contributed by atoms with Crippen LogP contribution in [-0.4, -0.2) is 39.5 Å². The van der Waals surface area contributed by atoms with Gasteiger partial charge in [0.15, 0.2) is 19.7 Å². The number of anilines is 1. The fourth-order valence-corrected chi connectivity index (χ4v) is 7.39. The highest BCUT2D eigenvalue weighted by atomic mass is 35.5. The predicted molar refractivity (Wildman–Crippen MR) is 100 cm³/mol. The molecule has 1 aliphatic rings. The molecule has 1 N–H and O–H groups in total. The molecule has 1 amide bonds. The van der Waals surface area contributed by atoms with Crippen LogP contribution in [0.3, 0.4) is 0 Å². The molecule has 0 saturated carbocycles. The molecule has 0 bridgehead atoms. The van der Waals surface area contributed by atoms with Gasteiger partial charge in [-0.25, -0.2) is 25.6 Å². The summed E-state index contributed by atoms with van der Waals surface area (Å²) in [7, 11) is -7.51. The number of hydrogen-bond acceptors (Lipinski definition) is 5. The van der Waals surface area contributed by atoms with Crippen molar-refractivity contribution in [3.63, 3.8) is 0 Å². The van der Waals surface area contributed by atoms with Gasteiger partial charge in [-0.3, -0.25) is 4.79 Å². The van der Waals surface area contributed by atoms with Crippen molar-refractivity contribution >= 4 is 42.9 Å². The van der Waals surface area contributed by atoms with E-state index in [1.54, 1.807) is 0 Å². The molecule has 2 aromatic carbocycles. The maximum atomic E-state index is 14.1. The Balaban J connectivity index is 1.90. The first-order valence-corrected chi connectivity index (χ1v) is 11.7. The zero-order valence-electron chi connectivity index (χ0n) is 14.2. The van der Waals surface area contributed by atoms with E-state index in [1.807, 2.05) is 0 Å². The monoisotopic (exact) mass is 449 g/mol. The van der Waals surface area contributed by atoms with Crippen molar-refractivity contribution < 1.29 is 30.4 Å². The van der Waals surface area contributed by atoms with E-state index in [1.165, 1.54) is 6.07 Å². The summed E-state index contributed by atoms with van der Waals surface area (Å²) >= 11 is 5.63. The molecule has 1 fully saturated rings. The van der Waals surface area contributed by atoms with Crippen molar-refractivity contribution in [3.8, 4) is 0 Å². The summed E-state index contributed by atoms with van der Waals surface area (Å²) in [5.41, 5.74) is -0.465. The van der Waals surface area contributed by atoms with E-state index in [0.29, 0.717) is 0 Å². The van der Waals surface area contributed by atoms with Crippen LogP contribution in [0.25, 0.3) is 0 Å². The molecule has 11 heteroatoms. The molecule has 0 aliphatic carbocycles. The van der Waals surface area contributed by atoms with Gasteiger partial charge in [0.05, 0.1) is 32.2 Å². The molecule has 1 aliphatic heterocycles. The van der Waals surface area contributed by atoms with Crippen LogP contribution in [0, 0.1) is 11.6 Å². The first-order valence-electron chi connectivity index (χ1n) is 8.00. The number of rotatable bonds is 4. The first-order chi connectivity index (χ1) is 13.0. The Kier molecular flexibility index (Phi) is 5.48. The van der Waals surface area contributed by atoms with Gasteiger partial charge in [-0.15, -0.1) is 0 Å². The second-order valence-corrected chi connectivity index (χ2v) is 11.2. The highest BCUT2D eigenvalue weighted by Gasteiger charge is 2.38. The average molecular weight is 450 g/mol. The molecule has 1 saturated heterocycles. The summed E-state index contributed by atoms with van der Waals surface area (Å²) in [6, 6.07) is 6.01. The van der Waals surface area contributed by atoms with Gasteiger partial charge in [-0.2, -0.15) is 0 Å². The molecule has 1 heterocycles. The van der Waals surface area contributed by atoms with E-state index in [9.17, 15) is 30.4 Å². The molecular formula is C17H14ClF2NO5S2. The third-order valence-corrected chi connectivity index (χ3v) is 8.78. The Morgan fingerprint density at radius 2 is 1.79 bits per heavy atom. The van der Waals surface area contributed by atoms with Crippen LogP contribution in [0.2, 0.25) is 5.02 Å². The zero-order chi connectivity index (χ0) is 20.7. The standard InChI is InChI=1S/C17H14ClF2NO5S2/c18-14-7-10(1-3-16(14)20)21-17(22)13-8-11(2-4-15(13)19)28(25,26)12-5-6-27(23,24)9-12/h1-4,7-8,12H,5-6,9H2,(H,21,22)/t12-/m1/s1. The van der Waals surface area contributed by atoms with Crippen molar-refractivity contribution in [1.82, 2.24) is 0 Å². The van der Waals surface area contributed by atoms with Gasteiger partial charge < -0.3 is 5.32 Å². The molecule has 0 spiro atoms. The lowest BCUT2D eigenvalue weighted by Gasteiger charge is -2.12. The van der Waals surface area contributed by atoms with Crippen LogP contribution >= 0.6 is 11.6 Å². The van der Waals surface area contributed by atoms with Gasteiger partial charge in [0.1, 0.15) is 11.6 Å². The van der Waals surface area contributed by atoms with Crippen LogP contribution in [0.15, 0.2) is 41.3 Å². The van der Waals surface area contributed by atoms with Crippen LogP contribution < -0.4 is 5.32 Å². The van der Waals surface area contributed by atoms with Crippen LogP contribution in [0.5, 0.6) is 0 Å². The highest BCUT2D eigenvalue weighted by molar-refractivity contribution is 7.96. The third-order valence-electron chi connectivity index (χ3n) is 4.32. The molecule has 3 rings (SSSR count). The van der Waals surface area contributed by atoms with Crippen LogP contribution in [0.1, 0.15) is 16.8 Å². The molecule has 6 nitrogen and oxygen atoms in total. The smallest absolute Gasteiger partial charge is 0.258 e. The fraction of sp³-hybridized carbons (Fsp3) is 0.235. The van der Waals surface area contributed by atoms with Gasteiger partial charge in [0.25, 0.3) is 5.91 Å². The number of nitrogens with one attached hydrogen (secondary N) is 1. The zero-order valence-corrected chi connectivity index (χ0v) is 16.5. The van der Waals surface area contributed by atoms with Gasteiger partial charge in [0.2, 0.25) is 0 Å². The van der Waals surface area contributed by atoms with Gasteiger partial charge >= 0.3 is 0 Å². The van der Waals surface area contributed by atoms with E-state index in [2.05, 4.69) is 5.32 Å². The van der Waals surface area contributed by atoms with Gasteiger partial charge in [0, 0.05) is 5.69 Å². The number of carbonyl (C=O) groups excluding carboxylic acids is 1. The van der Waals surface area contributed by atoms with Crippen molar-refractivity contribution in [2.45, 2.75) is 16.6 Å². The second-order valence-electron chi connectivity index (χ2n) is 6.29. The SMILES string of the molecule is O=C(Nc1ccc(F)c(Cl)c1)c1cc(S(=O)(=O)[C@@H]2CCS(=O)(=O)C2)ccc1F. The number of benzene rings is 2. The summed E-state index contributed by atoms with van der Waals surface area (Å²) in [5.74, 6) is -3.38. The molecule has 0 aromatic heterocycles. The van der Waals surface area contributed by atoms with Crippen LogP contribution in [0.4, 0.5) is 14.5 Å². The van der Waals surface area contributed by atoms with Crippen molar-refractivity contribution in [3.05, 3.63) is 58.6 Å². The lowest BCUT2D eigenvalue weighted by atomic mass is 10.2. The minimum Gasteiger partial charge on any atom is -0.322 e. The maximum Gasteiger partial charge on any atom is 0.258 e. The minimum absolute atomic E-state index is 0.0579. The quantitative estimate of drug-likeness (QED) is 0.724. The molecule has 0 radical (unpaired) electrons. The Morgan fingerprint density at radius 1 is 1.11 bits per heavy atom. The van der Waals surface area contributed by atoms with Gasteiger partial charge in [-0.05, 0) is 42.8 Å². The summed E-state index contributed by atoms with van der Waals surface area (Å²) in [6.45, 7) is 0. The third kappa shape index (κ3) is 4.18. The van der Waals surface area contributed by atoms with Gasteiger partial charge in [-0.1, -0.05) is 11.6 Å². The fourth-order valence-electron chi connectivity index (χ4n) is 2.83. The molecule has 0 unspecified atom stereocenters. The van der Waals surface area contributed by atoms with Crippen LogP contribution in [-0.2, 0) is 19.7 Å².